The minimum atomic E-state index is 0.152. The van der Waals surface area contributed by atoms with Crippen molar-refractivity contribution in [2.24, 2.45) is 11.8 Å². The van der Waals surface area contributed by atoms with Crippen molar-refractivity contribution in [3.63, 3.8) is 0 Å². The van der Waals surface area contributed by atoms with E-state index in [2.05, 4.69) is 28.4 Å². The van der Waals surface area contributed by atoms with E-state index >= 15 is 0 Å². The van der Waals surface area contributed by atoms with E-state index in [1.54, 1.807) is 0 Å². The van der Waals surface area contributed by atoms with Gasteiger partial charge in [0.15, 0.2) is 0 Å². The van der Waals surface area contributed by atoms with Crippen LogP contribution in [-0.4, -0.2) is 73.2 Å². The zero-order valence-electron chi connectivity index (χ0n) is 20.0. The number of rotatable bonds is 4. The van der Waals surface area contributed by atoms with Gasteiger partial charge < -0.3 is 19.7 Å². The maximum absolute atomic E-state index is 13.5. The fraction of sp³-hybridized carbons (Fsp3) is 0.630. The average molecular weight is 468 g/mol. The van der Waals surface area contributed by atoms with Gasteiger partial charge in [-0.1, -0.05) is 30.4 Å². The minimum Gasteiger partial charge on any atom is -0.489 e. The summed E-state index contributed by atoms with van der Waals surface area (Å²) in [6.07, 6.45) is 9.72. The number of ether oxygens (including phenoxy) is 2. The van der Waals surface area contributed by atoms with Crippen molar-refractivity contribution in [2.75, 3.05) is 39.5 Å². The number of hydrogen-bond acceptors (Lipinski definition) is 5. The van der Waals surface area contributed by atoms with Crippen LogP contribution in [0.25, 0.3) is 0 Å². The Hall–Kier alpha value is -2.38. The molecule has 2 saturated heterocycles. The van der Waals surface area contributed by atoms with E-state index in [0.29, 0.717) is 44.7 Å². The molecule has 0 radical (unpaired) electrons. The zero-order chi connectivity index (χ0) is 23.3. The molecule has 1 saturated carbocycles. The second-order valence-electron chi connectivity index (χ2n) is 10.2. The smallest absolute Gasteiger partial charge is 0.236 e. The molecule has 3 fully saturated rings. The molecule has 5 rings (SSSR count). The molecule has 2 amide bonds. The third-order valence-corrected chi connectivity index (χ3v) is 7.66. The summed E-state index contributed by atoms with van der Waals surface area (Å²) < 4.78 is 11.8. The Kier molecular flexibility index (Phi) is 7.50. The number of carbonyl (C=O) groups excluding carboxylic acids is 2. The molecule has 3 heterocycles. The van der Waals surface area contributed by atoms with Crippen LogP contribution >= 0.6 is 0 Å². The fourth-order valence-electron chi connectivity index (χ4n) is 5.48. The molecule has 0 spiro atoms. The molecule has 7 heteroatoms. The van der Waals surface area contributed by atoms with E-state index in [9.17, 15) is 9.59 Å². The Labute approximate surface area is 202 Å². The molecule has 3 aliphatic heterocycles. The van der Waals surface area contributed by atoms with Gasteiger partial charge in [0.25, 0.3) is 0 Å². The van der Waals surface area contributed by atoms with Crippen molar-refractivity contribution < 1.29 is 19.1 Å². The molecule has 4 aliphatic rings. The lowest BCUT2D eigenvalue weighted by molar-refractivity contribution is -0.136. The third-order valence-electron chi connectivity index (χ3n) is 7.66. The summed E-state index contributed by atoms with van der Waals surface area (Å²) in [6.45, 7) is 4.46. The molecule has 34 heavy (non-hydrogen) atoms. The number of para-hydroxylation sites is 1. The topological polar surface area (TPSA) is 71.1 Å². The van der Waals surface area contributed by atoms with Crippen LogP contribution in [0.15, 0.2) is 36.4 Å². The summed E-state index contributed by atoms with van der Waals surface area (Å²) in [7, 11) is 0. The monoisotopic (exact) mass is 467 g/mol. The van der Waals surface area contributed by atoms with E-state index in [1.165, 1.54) is 0 Å². The summed E-state index contributed by atoms with van der Waals surface area (Å²) >= 11 is 0. The minimum absolute atomic E-state index is 0.152. The van der Waals surface area contributed by atoms with Gasteiger partial charge in [0.1, 0.15) is 12.4 Å². The molecule has 1 aromatic rings. The molecular formula is C27H37N3O4. The zero-order valence-corrected chi connectivity index (χ0v) is 20.0. The fourth-order valence-corrected chi connectivity index (χ4v) is 5.48. The first-order valence-electron chi connectivity index (χ1n) is 12.9. The van der Waals surface area contributed by atoms with Gasteiger partial charge in [-0.15, -0.1) is 0 Å². The summed E-state index contributed by atoms with van der Waals surface area (Å²) in [5.74, 6) is 1.63. The molecule has 184 valence electrons. The van der Waals surface area contributed by atoms with Crippen LogP contribution in [0.2, 0.25) is 0 Å². The van der Waals surface area contributed by atoms with Crippen molar-refractivity contribution in [1.29, 1.82) is 0 Å². The quantitative estimate of drug-likeness (QED) is 0.690. The predicted octanol–water partition coefficient (Wildman–Crippen LogP) is 2.75. The highest BCUT2D eigenvalue weighted by Gasteiger charge is 2.34. The highest BCUT2D eigenvalue weighted by atomic mass is 16.5. The number of carbonyl (C=O) groups is 2. The van der Waals surface area contributed by atoms with Crippen molar-refractivity contribution in [3.8, 4) is 5.75 Å². The number of amides is 2. The molecule has 2 bridgehead atoms. The molecule has 1 aromatic carbocycles. The van der Waals surface area contributed by atoms with Gasteiger partial charge in [-0.3, -0.25) is 14.5 Å². The lowest BCUT2D eigenvalue weighted by atomic mass is 9.82. The average Bonchev–Trinajstić information content (AvgIpc) is 3.67. The second-order valence-corrected chi connectivity index (χ2v) is 10.2. The highest BCUT2D eigenvalue weighted by Crippen LogP contribution is 2.30. The Morgan fingerprint density at radius 3 is 2.71 bits per heavy atom. The van der Waals surface area contributed by atoms with Crippen molar-refractivity contribution in [3.05, 3.63) is 42.0 Å². The summed E-state index contributed by atoms with van der Waals surface area (Å²) in [5.41, 5.74) is 1.11. The van der Waals surface area contributed by atoms with E-state index in [-0.39, 0.29) is 23.7 Å². The van der Waals surface area contributed by atoms with Crippen LogP contribution in [0.1, 0.15) is 44.1 Å². The SMILES string of the molecule is O=C(C[C@@H]1CCN2C[C@@H]1C=CCOc1ccccc1CN(C1CCOCC1)CC2=O)NC1CC1. The van der Waals surface area contributed by atoms with Gasteiger partial charge in [-0.25, -0.2) is 0 Å². The molecule has 2 atom stereocenters. The number of benzene rings is 1. The number of hydrogen-bond donors (Lipinski definition) is 1. The second kappa shape index (κ2) is 10.9. The number of piperidine rings is 1. The first-order chi connectivity index (χ1) is 16.7. The number of nitrogens with one attached hydrogen (secondary N) is 1. The first kappa shape index (κ1) is 23.4. The van der Waals surface area contributed by atoms with Crippen LogP contribution in [0.4, 0.5) is 0 Å². The Balaban J connectivity index is 1.35. The van der Waals surface area contributed by atoms with E-state index in [1.807, 2.05) is 23.1 Å². The summed E-state index contributed by atoms with van der Waals surface area (Å²) in [5, 5.41) is 3.13. The highest BCUT2D eigenvalue weighted by molar-refractivity contribution is 5.79. The standard InChI is InChI=1S/C27H37N3O4/c31-26(28-23-7-8-23)16-20-9-12-29-17-21(20)5-3-13-34-25-6-2-1-4-22(25)18-30(19-27(29)32)24-10-14-33-15-11-24/h1-6,20-21,23-24H,7-19H2,(H,28,31)/t20-,21-/m0/s1. The first-order valence-corrected chi connectivity index (χ1v) is 12.9. The normalized spacial score (nSPS) is 27.1. The Bertz CT molecular complexity index is 894. The van der Waals surface area contributed by atoms with Gasteiger partial charge in [-0.05, 0) is 50.0 Å². The Morgan fingerprint density at radius 1 is 1.06 bits per heavy atom. The third kappa shape index (κ3) is 5.99. The van der Waals surface area contributed by atoms with Crippen molar-refractivity contribution >= 4 is 11.8 Å². The van der Waals surface area contributed by atoms with E-state index in [4.69, 9.17) is 9.47 Å². The van der Waals surface area contributed by atoms with Crippen LogP contribution in [0, 0.1) is 11.8 Å². The molecule has 7 nitrogen and oxygen atoms in total. The predicted molar refractivity (Wildman–Crippen MR) is 129 cm³/mol. The van der Waals surface area contributed by atoms with E-state index < -0.39 is 0 Å². The van der Waals surface area contributed by atoms with Crippen LogP contribution in [-0.2, 0) is 20.9 Å². The van der Waals surface area contributed by atoms with Gasteiger partial charge >= 0.3 is 0 Å². The Morgan fingerprint density at radius 2 is 1.88 bits per heavy atom. The largest absolute Gasteiger partial charge is 0.489 e. The van der Waals surface area contributed by atoms with Gasteiger partial charge in [0, 0.05) is 56.9 Å². The number of nitrogens with zero attached hydrogens (tertiary/aromatic N) is 2. The lowest BCUT2D eigenvalue weighted by Gasteiger charge is -2.39. The van der Waals surface area contributed by atoms with Crippen LogP contribution in [0.3, 0.4) is 0 Å². The molecule has 1 aliphatic carbocycles. The van der Waals surface area contributed by atoms with Crippen molar-refractivity contribution in [1.82, 2.24) is 15.1 Å². The summed E-state index contributed by atoms with van der Waals surface area (Å²) in [4.78, 5) is 30.3. The summed E-state index contributed by atoms with van der Waals surface area (Å²) in [6, 6.07) is 8.86. The van der Waals surface area contributed by atoms with Crippen molar-refractivity contribution in [2.45, 2.75) is 57.2 Å². The molecule has 1 N–H and O–H groups in total. The molecule has 0 aromatic heterocycles. The maximum Gasteiger partial charge on any atom is 0.236 e. The molecule has 0 unspecified atom stereocenters. The van der Waals surface area contributed by atoms with Gasteiger partial charge in [0.05, 0.1) is 6.54 Å². The lowest BCUT2D eigenvalue weighted by Crippen LogP contribution is -2.50. The van der Waals surface area contributed by atoms with Gasteiger partial charge in [0.2, 0.25) is 11.8 Å². The van der Waals surface area contributed by atoms with Gasteiger partial charge in [-0.2, -0.15) is 0 Å². The van der Waals surface area contributed by atoms with Crippen LogP contribution < -0.4 is 10.1 Å². The van der Waals surface area contributed by atoms with E-state index in [0.717, 1.165) is 63.2 Å². The maximum atomic E-state index is 13.5. The number of fused-ring (bicyclic) bond motifs is 3. The van der Waals surface area contributed by atoms with Crippen LogP contribution in [0.5, 0.6) is 5.75 Å². The molecular weight excluding hydrogens is 430 g/mol.